The number of anilines is 2. The molecular formula is C22H15ClN2O3S. The molecule has 0 saturated heterocycles. The second-order valence-electron chi connectivity index (χ2n) is 6.30. The Balaban J connectivity index is 1.52. The number of amides is 3. The maximum Gasteiger partial charge on any atom is 0.268 e. The molecule has 0 aromatic heterocycles. The van der Waals surface area contributed by atoms with E-state index in [0.717, 1.165) is 9.80 Å². The number of carbonyl (C=O) groups excluding carboxylic acids is 3. The van der Waals surface area contributed by atoms with Crippen LogP contribution in [0.5, 0.6) is 0 Å². The van der Waals surface area contributed by atoms with Crippen LogP contribution in [0.25, 0.3) is 0 Å². The zero-order chi connectivity index (χ0) is 20.4. The zero-order valence-electron chi connectivity index (χ0n) is 15.1. The van der Waals surface area contributed by atoms with E-state index in [-0.39, 0.29) is 22.8 Å². The number of nitrogens with one attached hydrogen (secondary N) is 1. The zero-order valence-corrected chi connectivity index (χ0v) is 16.7. The highest BCUT2D eigenvalue weighted by Gasteiger charge is 2.38. The summed E-state index contributed by atoms with van der Waals surface area (Å²) in [4.78, 5) is 40.2. The number of para-hydroxylation sites is 1. The van der Waals surface area contributed by atoms with Crippen molar-refractivity contribution in [3.63, 3.8) is 0 Å². The van der Waals surface area contributed by atoms with Crippen molar-refractivity contribution in [1.29, 1.82) is 0 Å². The Bertz CT molecular complexity index is 1100. The molecule has 4 rings (SSSR count). The van der Waals surface area contributed by atoms with Gasteiger partial charge in [0.25, 0.3) is 11.8 Å². The van der Waals surface area contributed by atoms with Crippen LogP contribution in [-0.2, 0) is 4.79 Å². The predicted octanol–water partition coefficient (Wildman–Crippen LogP) is 4.87. The predicted molar refractivity (Wildman–Crippen MR) is 115 cm³/mol. The van der Waals surface area contributed by atoms with Crippen molar-refractivity contribution in [2.75, 3.05) is 16.0 Å². The van der Waals surface area contributed by atoms with E-state index in [1.165, 1.54) is 11.8 Å². The molecule has 29 heavy (non-hydrogen) atoms. The normalized spacial score (nSPS) is 12.8. The summed E-state index contributed by atoms with van der Waals surface area (Å²) in [7, 11) is 0. The highest BCUT2D eigenvalue weighted by atomic mass is 35.5. The van der Waals surface area contributed by atoms with Crippen molar-refractivity contribution in [3.05, 3.63) is 88.9 Å². The molecule has 7 heteroatoms. The van der Waals surface area contributed by atoms with Gasteiger partial charge in [-0.05, 0) is 48.5 Å². The highest BCUT2D eigenvalue weighted by Crippen LogP contribution is 2.33. The van der Waals surface area contributed by atoms with E-state index in [1.807, 2.05) is 18.2 Å². The number of hydrogen-bond acceptors (Lipinski definition) is 4. The molecule has 1 aliphatic rings. The van der Waals surface area contributed by atoms with E-state index in [9.17, 15) is 14.4 Å². The molecule has 5 nitrogen and oxygen atoms in total. The Morgan fingerprint density at radius 1 is 0.897 bits per heavy atom. The average Bonchev–Trinajstić information content (AvgIpc) is 2.99. The number of thioether (sulfide) groups is 1. The molecule has 0 atom stereocenters. The molecule has 0 unspecified atom stereocenters. The van der Waals surface area contributed by atoms with Crippen molar-refractivity contribution < 1.29 is 14.4 Å². The van der Waals surface area contributed by atoms with Crippen LogP contribution in [0.2, 0.25) is 5.02 Å². The van der Waals surface area contributed by atoms with Gasteiger partial charge >= 0.3 is 0 Å². The van der Waals surface area contributed by atoms with E-state index in [4.69, 9.17) is 11.6 Å². The first-order chi connectivity index (χ1) is 14.0. The second-order valence-corrected chi connectivity index (χ2v) is 7.79. The Morgan fingerprint density at radius 2 is 1.62 bits per heavy atom. The number of rotatable bonds is 5. The summed E-state index contributed by atoms with van der Waals surface area (Å²) in [5, 5.41) is 3.39. The van der Waals surface area contributed by atoms with E-state index in [0.29, 0.717) is 16.4 Å². The van der Waals surface area contributed by atoms with Crippen molar-refractivity contribution >= 4 is 52.5 Å². The van der Waals surface area contributed by atoms with E-state index < -0.39 is 11.8 Å². The highest BCUT2D eigenvalue weighted by molar-refractivity contribution is 8.00. The van der Waals surface area contributed by atoms with Crippen LogP contribution < -0.4 is 10.2 Å². The van der Waals surface area contributed by atoms with E-state index in [1.54, 1.807) is 54.6 Å². The van der Waals surface area contributed by atoms with Crippen LogP contribution in [0.3, 0.4) is 0 Å². The number of hydrogen-bond donors (Lipinski definition) is 1. The van der Waals surface area contributed by atoms with Crippen molar-refractivity contribution in [2.45, 2.75) is 4.90 Å². The number of nitrogens with zero attached hydrogens (tertiary/aromatic N) is 1. The topological polar surface area (TPSA) is 66.5 Å². The molecule has 144 valence electrons. The van der Waals surface area contributed by atoms with Crippen LogP contribution in [0, 0.1) is 0 Å². The fourth-order valence-electron chi connectivity index (χ4n) is 3.07. The molecule has 3 aromatic carbocycles. The minimum atomic E-state index is -0.447. The summed E-state index contributed by atoms with van der Waals surface area (Å²) in [5.41, 5.74) is 1.32. The lowest BCUT2D eigenvalue weighted by Gasteiger charge is -2.13. The Hall–Kier alpha value is -3.09. The van der Waals surface area contributed by atoms with Crippen molar-refractivity contribution in [2.24, 2.45) is 0 Å². The monoisotopic (exact) mass is 422 g/mol. The van der Waals surface area contributed by atoms with E-state index in [2.05, 4.69) is 5.32 Å². The first kappa shape index (κ1) is 19.2. The third kappa shape index (κ3) is 3.90. The number of carbonyl (C=O) groups is 3. The van der Waals surface area contributed by atoms with Gasteiger partial charge in [0.2, 0.25) is 5.91 Å². The SMILES string of the molecule is O=C(CSc1ccc(Cl)cc1)Nc1cccc2c1C(=O)N(c1ccccc1)C2=O. The fraction of sp³-hybridized carbons (Fsp3) is 0.0455. The summed E-state index contributed by atoms with van der Waals surface area (Å²) in [6.45, 7) is 0. The molecular weight excluding hydrogens is 408 g/mol. The first-order valence-corrected chi connectivity index (χ1v) is 10.2. The minimum Gasteiger partial charge on any atom is -0.325 e. The van der Waals surface area contributed by atoms with Gasteiger partial charge in [0.05, 0.1) is 28.3 Å². The van der Waals surface area contributed by atoms with Gasteiger partial charge in [-0.15, -0.1) is 11.8 Å². The van der Waals surface area contributed by atoms with Crippen molar-refractivity contribution in [3.8, 4) is 0 Å². The van der Waals surface area contributed by atoms with E-state index >= 15 is 0 Å². The Kier molecular flexibility index (Phi) is 5.38. The smallest absolute Gasteiger partial charge is 0.268 e. The van der Waals surface area contributed by atoms with Crippen LogP contribution in [0.15, 0.2) is 77.7 Å². The summed E-state index contributed by atoms with van der Waals surface area (Å²) >= 11 is 7.22. The van der Waals surface area contributed by atoms with Gasteiger partial charge in [0, 0.05) is 9.92 Å². The van der Waals surface area contributed by atoms with Crippen LogP contribution >= 0.6 is 23.4 Å². The quantitative estimate of drug-likeness (QED) is 0.470. The molecule has 1 aliphatic heterocycles. The molecule has 1 N–H and O–H groups in total. The Labute approximate surface area is 176 Å². The summed E-state index contributed by atoms with van der Waals surface area (Å²) in [5.74, 6) is -0.951. The van der Waals surface area contributed by atoms with Crippen LogP contribution in [0.1, 0.15) is 20.7 Å². The second kappa shape index (κ2) is 8.11. The molecule has 0 aliphatic carbocycles. The molecule has 0 spiro atoms. The molecule has 0 radical (unpaired) electrons. The molecule has 3 amide bonds. The molecule has 0 bridgehead atoms. The van der Waals surface area contributed by atoms with Gasteiger partial charge in [0.1, 0.15) is 0 Å². The van der Waals surface area contributed by atoms with Gasteiger partial charge in [-0.25, -0.2) is 4.90 Å². The molecule has 3 aromatic rings. The number of benzene rings is 3. The summed E-state index contributed by atoms with van der Waals surface area (Å²) < 4.78 is 0. The minimum absolute atomic E-state index is 0.163. The number of fused-ring (bicyclic) bond motifs is 1. The van der Waals surface area contributed by atoms with Gasteiger partial charge in [-0.2, -0.15) is 0 Å². The van der Waals surface area contributed by atoms with Crippen LogP contribution in [-0.4, -0.2) is 23.5 Å². The Morgan fingerprint density at radius 3 is 2.34 bits per heavy atom. The fourth-order valence-corrected chi connectivity index (χ4v) is 3.89. The van der Waals surface area contributed by atoms with Crippen molar-refractivity contribution in [1.82, 2.24) is 0 Å². The maximum absolute atomic E-state index is 13.0. The third-order valence-corrected chi connectivity index (χ3v) is 5.65. The summed E-state index contributed by atoms with van der Waals surface area (Å²) in [6.07, 6.45) is 0. The largest absolute Gasteiger partial charge is 0.325 e. The maximum atomic E-state index is 13.0. The lowest BCUT2D eigenvalue weighted by atomic mass is 10.1. The summed E-state index contributed by atoms with van der Waals surface area (Å²) in [6, 6.07) is 20.8. The average molecular weight is 423 g/mol. The van der Waals surface area contributed by atoms with Gasteiger partial charge < -0.3 is 5.32 Å². The lowest BCUT2D eigenvalue weighted by molar-refractivity contribution is -0.113. The van der Waals surface area contributed by atoms with Crippen LogP contribution in [0.4, 0.5) is 11.4 Å². The molecule has 1 heterocycles. The standard InChI is InChI=1S/C22H15ClN2O3S/c23-14-9-11-16(12-10-14)29-13-19(26)24-18-8-4-7-17-20(18)22(28)25(21(17)27)15-5-2-1-3-6-15/h1-12H,13H2,(H,24,26). The molecule has 0 fully saturated rings. The third-order valence-electron chi connectivity index (χ3n) is 4.39. The molecule has 0 saturated carbocycles. The number of halogens is 1. The van der Waals surface area contributed by atoms with Gasteiger partial charge in [-0.1, -0.05) is 35.9 Å². The number of imide groups is 1. The van der Waals surface area contributed by atoms with Gasteiger partial charge in [-0.3, -0.25) is 14.4 Å². The van der Waals surface area contributed by atoms with Gasteiger partial charge in [0.15, 0.2) is 0 Å². The lowest BCUT2D eigenvalue weighted by Crippen LogP contribution is -2.29. The first-order valence-electron chi connectivity index (χ1n) is 8.79.